The van der Waals surface area contributed by atoms with Crippen LogP contribution in [0.2, 0.25) is 0 Å². The molecule has 0 spiro atoms. The van der Waals surface area contributed by atoms with Gasteiger partial charge in [-0.1, -0.05) is 24.6 Å². The van der Waals surface area contributed by atoms with Gasteiger partial charge in [-0.25, -0.2) is 25.9 Å². The summed E-state index contributed by atoms with van der Waals surface area (Å²) in [5, 5.41) is 0. The molecule has 9 heteroatoms. The molecular weight excluding hydrogens is 403 g/mol. The van der Waals surface area contributed by atoms with Crippen molar-refractivity contribution in [1.82, 2.24) is 9.03 Å². The zero-order chi connectivity index (χ0) is 20.4. The molecule has 28 heavy (non-hydrogen) atoms. The monoisotopic (exact) mass is 426 g/mol. The topological polar surface area (TPSA) is 83.5 Å². The van der Waals surface area contributed by atoms with Crippen LogP contribution in [0.25, 0.3) is 0 Å². The van der Waals surface area contributed by atoms with Gasteiger partial charge >= 0.3 is 0 Å². The third-order valence-corrected chi connectivity index (χ3v) is 8.11. The molecule has 1 aliphatic heterocycles. The Balaban J connectivity index is 1.69. The van der Waals surface area contributed by atoms with Gasteiger partial charge in [0.1, 0.15) is 5.82 Å². The average molecular weight is 427 g/mol. The van der Waals surface area contributed by atoms with Crippen molar-refractivity contribution in [2.24, 2.45) is 0 Å². The fourth-order valence-electron chi connectivity index (χ4n) is 3.04. The Morgan fingerprint density at radius 3 is 2.14 bits per heavy atom. The standard InChI is InChI=1S/C19H23FN2O4S2/c1-15-5-8-18(13-19(15)20)27(23,24)21-14-16-6-9-17(10-7-16)28(25,26)22-11-3-2-4-12-22/h5-10,13,21H,2-4,11-12,14H2,1H3. The number of nitrogens with one attached hydrogen (secondary N) is 1. The van der Waals surface area contributed by atoms with Gasteiger partial charge in [0.25, 0.3) is 0 Å². The lowest BCUT2D eigenvalue weighted by Gasteiger charge is -2.25. The van der Waals surface area contributed by atoms with E-state index in [4.69, 9.17) is 0 Å². The lowest BCUT2D eigenvalue weighted by molar-refractivity contribution is 0.346. The van der Waals surface area contributed by atoms with E-state index in [2.05, 4.69) is 4.72 Å². The van der Waals surface area contributed by atoms with Gasteiger partial charge in [-0.2, -0.15) is 4.31 Å². The van der Waals surface area contributed by atoms with E-state index in [0.29, 0.717) is 24.2 Å². The molecule has 1 heterocycles. The van der Waals surface area contributed by atoms with Crippen LogP contribution in [0.5, 0.6) is 0 Å². The molecule has 0 aliphatic carbocycles. The number of benzene rings is 2. The van der Waals surface area contributed by atoms with Gasteiger partial charge in [0.2, 0.25) is 20.0 Å². The van der Waals surface area contributed by atoms with Crippen molar-refractivity contribution in [1.29, 1.82) is 0 Å². The van der Waals surface area contributed by atoms with E-state index in [0.717, 1.165) is 25.3 Å². The van der Waals surface area contributed by atoms with Crippen molar-refractivity contribution < 1.29 is 21.2 Å². The molecule has 2 aromatic rings. The molecule has 1 saturated heterocycles. The molecular formula is C19H23FN2O4S2. The maximum Gasteiger partial charge on any atom is 0.243 e. The van der Waals surface area contributed by atoms with Crippen LogP contribution >= 0.6 is 0 Å². The Bertz CT molecular complexity index is 1050. The molecule has 1 N–H and O–H groups in total. The number of aryl methyl sites for hydroxylation is 1. The van der Waals surface area contributed by atoms with E-state index in [9.17, 15) is 21.2 Å². The maximum absolute atomic E-state index is 13.6. The zero-order valence-corrected chi connectivity index (χ0v) is 17.2. The molecule has 0 amide bonds. The van der Waals surface area contributed by atoms with Gasteiger partial charge < -0.3 is 0 Å². The average Bonchev–Trinajstić information content (AvgIpc) is 2.69. The summed E-state index contributed by atoms with van der Waals surface area (Å²) in [5.41, 5.74) is 0.971. The third kappa shape index (κ3) is 4.60. The Morgan fingerprint density at radius 2 is 1.54 bits per heavy atom. The van der Waals surface area contributed by atoms with Gasteiger partial charge in [0, 0.05) is 19.6 Å². The number of hydrogen-bond acceptors (Lipinski definition) is 4. The van der Waals surface area contributed by atoms with Crippen LogP contribution in [-0.2, 0) is 26.6 Å². The Kier molecular flexibility index (Phi) is 6.18. The lowest BCUT2D eigenvalue weighted by Crippen LogP contribution is -2.35. The Hall–Kier alpha value is -1.81. The second kappa shape index (κ2) is 8.28. The van der Waals surface area contributed by atoms with E-state index in [1.165, 1.54) is 28.6 Å². The minimum atomic E-state index is -3.87. The summed E-state index contributed by atoms with van der Waals surface area (Å²) < 4.78 is 67.4. The summed E-state index contributed by atoms with van der Waals surface area (Å²) in [6.07, 6.45) is 2.76. The molecule has 0 radical (unpaired) electrons. The zero-order valence-electron chi connectivity index (χ0n) is 15.6. The molecule has 0 atom stereocenters. The highest BCUT2D eigenvalue weighted by Gasteiger charge is 2.25. The SMILES string of the molecule is Cc1ccc(S(=O)(=O)NCc2ccc(S(=O)(=O)N3CCCCC3)cc2)cc1F. The summed E-state index contributed by atoms with van der Waals surface area (Å²) >= 11 is 0. The second-order valence-corrected chi connectivity index (χ2v) is 10.5. The first kappa shape index (κ1) is 20.9. The smallest absolute Gasteiger partial charge is 0.207 e. The number of rotatable bonds is 6. The van der Waals surface area contributed by atoms with Crippen molar-refractivity contribution in [3.8, 4) is 0 Å². The number of piperidine rings is 1. The summed E-state index contributed by atoms with van der Waals surface area (Å²) in [4.78, 5) is 0.0431. The quantitative estimate of drug-likeness (QED) is 0.770. The van der Waals surface area contributed by atoms with Gasteiger partial charge in [0.05, 0.1) is 9.79 Å². The predicted octanol–water partition coefficient (Wildman–Crippen LogP) is 2.79. The van der Waals surface area contributed by atoms with Crippen molar-refractivity contribution >= 4 is 20.0 Å². The van der Waals surface area contributed by atoms with Gasteiger partial charge in [-0.3, -0.25) is 0 Å². The first-order valence-corrected chi connectivity index (χ1v) is 12.0. The van der Waals surface area contributed by atoms with Crippen LogP contribution in [0.15, 0.2) is 52.3 Å². The number of hydrogen-bond donors (Lipinski definition) is 1. The van der Waals surface area contributed by atoms with Gasteiger partial charge in [0.15, 0.2) is 0 Å². The van der Waals surface area contributed by atoms with Crippen LogP contribution in [0.1, 0.15) is 30.4 Å². The van der Waals surface area contributed by atoms with Crippen molar-refractivity contribution in [2.75, 3.05) is 13.1 Å². The minimum Gasteiger partial charge on any atom is -0.207 e. The maximum atomic E-state index is 13.6. The van der Waals surface area contributed by atoms with Crippen molar-refractivity contribution in [2.45, 2.75) is 42.5 Å². The highest BCUT2D eigenvalue weighted by molar-refractivity contribution is 7.89. The molecule has 3 rings (SSSR count). The van der Waals surface area contributed by atoms with E-state index >= 15 is 0 Å². The van der Waals surface area contributed by atoms with Crippen LogP contribution in [0.4, 0.5) is 4.39 Å². The molecule has 0 bridgehead atoms. The van der Waals surface area contributed by atoms with E-state index in [1.54, 1.807) is 19.1 Å². The molecule has 152 valence electrons. The lowest BCUT2D eigenvalue weighted by atomic mass is 10.2. The summed E-state index contributed by atoms with van der Waals surface area (Å²) in [7, 11) is -7.39. The number of sulfonamides is 2. The fourth-order valence-corrected chi connectivity index (χ4v) is 5.58. The predicted molar refractivity (Wildman–Crippen MR) is 104 cm³/mol. The summed E-state index contributed by atoms with van der Waals surface area (Å²) in [6, 6.07) is 9.85. The van der Waals surface area contributed by atoms with E-state index < -0.39 is 25.9 Å². The number of halogens is 1. The molecule has 1 fully saturated rings. The molecule has 1 aliphatic rings. The highest BCUT2D eigenvalue weighted by Crippen LogP contribution is 2.21. The molecule has 2 aromatic carbocycles. The van der Waals surface area contributed by atoms with Crippen LogP contribution < -0.4 is 4.72 Å². The molecule has 0 saturated carbocycles. The van der Waals surface area contributed by atoms with Crippen LogP contribution in [0.3, 0.4) is 0 Å². The van der Waals surface area contributed by atoms with Crippen LogP contribution in [-0.4, -0.2) is 34.2 Å². The molecule has 0 aromatic heterocycles. The van der Waals surface area contributed by atoms with Crippen molar-refractivity contribution in [3.05, 3.63) is 59.4 Å². The third-order valence-electron chi connectivity index (χ3n) is 4.80. The first-order chi connectivity index (χ1) is 13.2. The summed E-state index contributed by atoms with van der Waals surface area (Å²) in [6.45, 7) is 2.58. The normalized spacial score (nSPS) is 16.2. The minimum absolute atomic E-state index is 0.0259. The van der Waals surface area contributed by atoms with Crippen molar-refractivity contribution in [3.63, 3.8) is 0 Å². The second-order valence-electron chi connectivity index (χ2n) is 6.84. The highest BCUT2D eigenvalue weighted by atomic mass is 32.2. The number of nitrogens with zero attached hydrogens (tertiary/aromatic N) is 1. The largest absolute Gasteiger partial charge is 0.243 e. The Labute approximate surface area is 165 Å². The van der Waals surface area contributed by atoms with E-state index in [-0.39, 0.29) is 16.3 Å². The summed E-state index contributed by atoms with van der Waals surface area (Å²) in [5.74, 6) is -0.588. The molecule has 6 nitrogen and oxygen atoms in total. The molecule has 0 unspecified atom stereocenters. The van der Waals surface area contributed by atoms with Crippen LogP contribution in [0, 0.1) is 12.7 Å². The van der Waals surface area contributed by atoms with Gasteiger partial charge in [-0.05, 0) is 55.2 Å². The van der Waals surface area contributed by atoms with Gasteiger partial charge in [-0.15, -0.1) is 0 Å². The first-order valence-electron chi connectivity index (χ1n) is 9.05. The Morgan fingerprint density at radius 1 is 0.929 bits per heavy atom. The fraction of sp³-hybridized carbons (Fsp3) is 0.368. The van der Waals surface area contributed by atoms with E-state index in [1.807, 2.05) is 0 Å².